The van der Waals surface area contributed by atoms with E-state index in [1.54, 1.807) is 6.92 Å². The average molecular weight is 449 g/mol. The summed E-state index contributed by atoms with van der Waals surface area (Å²) in [5, 5.41) is 17.1. The van der Waals surface area contributed by atoms with Crippen molar-refractivity contribution in [2.75, 3.05) is 13.6 Å². The lowest BCUT2D eigenvalue weighted by Gasteiger charge is -2.21. The highest BCUT2D eigenvalue weighted by molar-refractivity contribution is 7.89. The number of aromatic nitrogens is 2. The maximum atomic E-state index is 13.1. The number of likely N-dealkylation sites (N-methyl/N-ethyl adjacent to an activating group) is 1. The van der Waals surface area contributed by atoms with E-state index in [1.807, 2.05) is 0 Å². The third-order valence-corrected chi connectivity index (χ3v) is 5.82. The zero-order valence-corrected chi connectivity index (χ0v) is 16.7. The molecule has 1 amide bonds. The topological polar surface area (TPSA) is 127 Å². The predicted molar refractivity (Wildman–Crippen MR) is 97.7 cm³/mol. The number of amides is 1. The molecular weight excluding hydrogens is 431 g/mol. The van der Waals surface area contributed by atoms with Crippen LogP contribution in [0.4, 0.5) is 19.0 Å². The van der Waals surface area contributed by atoms with Crippen molar-refractivity contribution in [3.8, 4) is 0 Å². The van der Waals surface area contributed by atoms with E-state index in [0.717, 1.165) is 29.1 Å². The first-order chi connectivity index (χ1) is 13.9. The van der Waals surface area contributed by atoms with Gasteiger partial charge in [0.15, 0.2) is 0 Å². The molecule has 30 heavy (non-hydrogen) atoms. The normalized spacial score (nSPS) is 12.2. The summed E-state index contributed by atoms with van der Waals surface area (Å²) in [4.78, 5) is 21.4. The molecule has 1 N–H and O–H groups in total. The first-order valence-electron chi connectivity index (χ1n) is 8.48. The van der Waals surface area contributed by atoms with Crippen LogP contribution in [0.3, 0.4) is 0 Å². The molecule has 0 aliphatic carbocycles. The van der Waals surface area contributed by atoms with E-state index in [4.69, 9.17) is 0 Å². The van der Waals surface area contributed by atoms with E-state index < -0.39 is 56.4 Å². The summed E-state index contributed by atoms with van der Waals surface area (Å²) in [6, 6.07) is 3.92. The monoisotopic (exact) mass is 449 g/mol. The molecule has 0 spiro atoms. The van der Waals surface area contributed by atoms with Gasteiger partial charge in [0.05, 0.1) is 29.9 Å². The van der Waals surface area contributed by atoms with E-state index >= 15 is 0 Å². The van der Waals surface area contributed by atoms with Crippen LogP contribution in [0.2, 0.25) is 0 Å². The average Bonchev–Trinajstić information content (AvgIpc) is 3.12. The van der Waals surface area contributed by atoms with Gasteiger partial charge in [-0.25, -0.2) is 8.42 Å². The van der Waals surface area contributed by atoms with Crippen molar-refractivity contribution in [3.05, 3.63) is 51.7 Å². The van der Waals surface area contributed by atoms with Gasteiger partial charge in [-0.15, -0.1) is 0 Å². The second-order valence-electron chi connectivity index (χ2n) is 6.07. The molecule has 10 nitrogen and oxygen atoms in total. The first-order valence-corrected chi connectivity index (χ1v) is 9.92. The molecule has 0 unspecified atom stereocenters. The van der Waals surface area contributed by atoms with E-state index in [-0.39, 0.29) is 12.1 Å². The predicted octanol–water partition coefficient (Wildman–Crippen LogP) is 1.77. The van der Waals surface area contributed by atoms with Gasteiger partial charge in [-0.05, 0) is 23.5 Å². The number of alkyl halides is 3. The molecule has 0 radical (unpaired) electrons. The SMILES string of the molecule is CCn1cc(S(=O)(=O)N(CC(=O)NC)Cc2cccc(C(F)(F)F)c2)c([N+](=O)[O-])n1. The maximum absolute atomic E-state index is 13.1. The molecule has 164 valence electrons. The Morgan fingerprint density at radius 1 is 1.37 bits per heavy atom. The summed E-state index contributed by atoms with van der Waals surface area (Å²) in [5.74, 6) is -1.70. The number of hydrogen-bond acceptors (Lipinski definition) is 6. The molecule has 2 aromatic rings. The molecule has 0 fully saturated rings. The molecule has 0 saturated heterocycles. The number of nitrogens with one attached hydrogen (secondary N) is 1. The van der Waals surface area contributed by atoms with Gasteiger partial charge < -0.3 is 15.4 Å². The van der Waals surface area contributed by atoms with Crippen LogP contribution in [0.15, 0.2) is 35.4 Å². The lowest BCUT2D eigenvalue weighted by Crippen LogP contribution is -2.39. The van der Waals surface area contributed by atoms with Gasteiger partial charge in [-0.3, -0.25) is 4.79 Å². The number of rotatable bonds is 8. The Kier molecular flexibility index (Phi) is 6.82. The Balaban J connectivity index is 2.53. The van der Waals surface area contributed by atoms with Gasteiger partial charge in [0.1, 0.15) is 0 Å². The molecule has 0 aliphatic rings. The van der Waals surface area contributed by atoms with Gasteiger partial charge in [-0.2, -0.15) is 22.2 Å². The summed E-state index contributed by atoms with van der Waals surface area (Å²) in [6.07, 6.45) is -3.71. The van der Waals surface area contributed by atoms with Crippen LogP contribution in [0.1, 0.15) is 18.1 Å². The van der Waals surface area contributed by atoms with Crippen LogP contribution in [0, 0.1) is 10.1 Å². The van der Waals surface area contributed by atoms with Gasteiger partial charge in [-0.1, -0.05) is 18.2 Å². The fourth-order valence-corrected chi connectivity index (χ4v) is 4.00. The standard InChI is InChI=1S/C16H18F3N5O5S/c1-3-22-9-13(15(21-22)24(26)27)30(28,29)23(10-14(25)20-2)8-11-5-4-6-12(7-11)16(17,18)19/h4-7,9H,3,8,10H2,1-2H3,(H,20,25). The number of carbonyl (C=O) groups excluding carboxylic acids is 1. The molecule has 1 heterocycles. The van der Waals surface area contributed by atoms with Gasteiger partial charge >= 0.3 is 12.0 Å². The van der Waals surface area contributed by atoms with Crippen molar-refractivity contribution >= 4 is 21.7 Å². The highest BCUT2D eigenvalue weighted by Crippen LogP contribution is 2.31. The van der Waals surface area contributed by atoms with Crippen molar-refractivity contribution in [1.29, 1.82) is 0 Å². The highest BCUT2D eigenvalue weighted by atomic mass is 32.2. The van der Waals surface area contributed by atoms with Crippen molar-refractivity contribution < 1.29 is 31.3 Å². The maximum Gasteiger partial charge on any atom is 0.416 e. The number of sulfonamides is 1. The number of aryl methyl sites for hydroxylation is 1. The lowest BCUT2D eigenvalue weighted by atomic mass is 10.1. The molecule has 1 aromatic heterocycles. The van der Waals surface area contributed by atoms with Crippen molar-refractivity contribution in [1.82, 2.24) is 19.4 Å². The molecule has 0 atom stereocenters. The van der Waals surface area contributed by atoms with Crippen LogP contribution in [-0.4, -0.2) is 46.9 Å². The van der Waals surface area contributed by atoms with Crippen LogP contribution in [0.25, 0.3) is 0 Å². The minimum absolute atomic E-state index is 0.0529. The molecule has 0 aliphatic heterocycles. The summed E-state index contributed by atoms with van der Waals surface area (Å²) in [5.41, 5.74) is -1.05. The summed E-state index contributed by atoms with van der Waals surface area (Å²) >= 11 is 0. The summed E-state index contributed by atoms with van der Waals surface area (Å²) in [6.45, 7) is 0.342. The molecule has 2 rings (SSSR count). The van der Waals surface area contributed by atoms with Crippen molar-refractivity contribution in [2.24, 2.45) is 0 Å². The Morgan fingerprint density at radius 2 is 2.03 bits per heavy atom. The van der Waals surface area contributed by atoms with Crippen molar-refractivity contribution in [2.45, 2.75) is 31.1 Å². The first kappa shape index (κ1) is 23.3. The Bertz CT molecular complexity index is 1050. The van der Waals surface area contributed by atoms with Gasteiger partial charge in [0.25, 0.3) is 10.0 Å². The molecule has 0 bridgehead atoms. The zero-order chi connectivity index (χ0) is 22.7. The van der Waals surface area contributed by atoms with Crippen molar-refractivity contribution in [3.63, 3.8) is 0 Å². The lowest BCUT2D eigenvalue weighted by molar-refractivity contribution is -0.392. The molecule has 1 aromatic carbocycles. The fourth-order valence-electron chi connectivity index (χ4n) is 2.52. The Morgan fingerprint density at radius 3 is 2.57 bits per heavy atom. The zero-order valence-electron chi connectivity index (χ0n) is 15.9. The number of nitro groups is 1. The third-order valence-electron chi connectivity index (χ3n) is 4.04. The van der Waals surface area contributed by atoms with Crippen LogP contribution in [-0.2, 0) is 34.1 Å². The van der Waals surface area contributed by atoms with E-state index in [0.29, 0.717) is 4.31 Å². The molecule has 14 heteroatoms. The second-order valence-corrected chi connectivity index (χ2v) is 7.98. The summed E-state index contributed by atoms with van der Waals surface area (Å²) < 4.78 is 66.7. The Hall–Kier alpha value is -3.00. The van der Waals surface area contributed by atoms with E-state index in [2.05, 4.69) is 10.4 Å². The molecular formula is C16H18F3N5O5S. The van der Waals surface area contributed by atoms with Gasteiger partial charge in [0.2, 0.25) is 10.8 Å². The minimum Gasteiger partial charge on any atom is -0.358 e. The van der Waals surface area contributed by atoms with Crippen LogP contribution >= 0.6 is 0 Å². The van der Waals surface area contributed by atoms with Crippen LogP contribution < -0.4 is 5.32 Å². The van der Waals surface area contributed by atoms with Gasteiger partial charge in [0, 0.05) is 13.6 Å². The second kappa shape index (κ2) is 8.79. The highest BCUT2D eigenvalue weighted by Gasteiger charge is 2.37. The largest absolute Gasteiger partial charge is 0.416 e. The quantitative estimate of drug-likeness (QED) is 0.483. The van der Waals surface area contributed by atoms with Crippen LogP contribution in [0.5, 0.6) is 0 Å². The fraction of sp³-hybridized carbons (Fsp3) is 0.375. The molecule has 0 saturated carbocycles. The number of hydrogen-bond donors (Lipinski definition) is 1. The minimum atomic E-state index is -4.65. The third kappa shape index (κ3) is 5.13. The smallest absolute Gasteiger partial charge is 0.358 e. The van der Waals surface area contributed by atoms with E-state index in [9.17, 15) is 36.5 Å². The summed E-state index contributed by atoms with van der Waals surface area (Å²) in [7, 11) is -3.41. The number of nitrogens with zero attached hydrogens (tertiary/aromatic N) is 4. The number of benzene rings is 1. The van der Waals surface area contributed by atoms with E-state index in [1.165, 1.54) is 13.1 Å². The Labute approximate surface area is 169 Å². The number of carbonyl (C=O) groups is 1. The number of halogens is 3.